The van der Waals surface area contributed by atoms with Crippen LogP contribution >= 0.6 is 0 Å². The number of carbonyl (C=O) groups excluding carboxylic acids is 2. The van der Waals surface area contributed by atoms with Gasteiger partial charge >= 0.3 is 0 Å². The number of rotatable bonds is 7. The molecule has 1 aromatic heterocycles. The molecule has 4 heterocycles. The minimum Gasteiger partial charge on any atom is -0.497 e. The van der Waals surface area contributed by atoms with Crippen molar-refractivity contribution in [2.24, 2.45) is 0 Å². The summed E-state index contributed by atoms with van der Waals surface area (Å²) >= 11 is 0. The van der Waals surface area contributed by atoms with Gasteiger partial charge in [-0.05, 0) is 66.4 Å². The molecule has 0 radical (unpaired) electrons. The first kappa shape index (κ1) is 30.2. The summed E-state index contributed by atoms with van der Waals surface area (Å²) in [6.07, 6.45) is 1.41. The van der Waals surface area contributed by atoms with Gasteiger partial charge in [-0.1, -0.05) is 24.3 Å². The van der Waals surface area contributed by atoms with Crippen LogP contribution in [0.1, 0.15) is 31.2 Å². The largest absolute Gasteiger partial charge is 0.497 e. The molecular formula is C35H40N6O5. The summed E-state index contributed by atoms with van der Waals surface area (Å²) in [6.45, 7) is 8.08. The van der Waals surface area contributed by atoms with Crippen LogP contribution in [0.25, 0.3) is 21.8 Å². The molecule has 0 aliphatic carbocycles. The third kappa shape index (κ3) is 6.04. The summed E-state index contributed by atoms with van der Waals surface area (Å²) < 4.78 is 16.5. The van der Waals surface area contributed by atoms with Crippen molar-refractivity contribution >= 4 is 50.9 Å². The highest BCUT2D eigenvalue weighted by Gasteiger charge is 2.36. The number of aromatic nitrogens is 2. The molecule has 11 nitrogen and oxygen atoms in total. The Bertz CT molecular complexity index is 1750. The van der Waals surface area contributed by atoms with Crippen LogP contribution in [0.15, 0.2) is 54.6 Å². The number of amides is 2. The van der Waals surface area contributed by atoms with E-state index >= 15 is 0 Å². The average molecular weight is 625 g/mol. The molecule has 2 atom stereocenters. The molecule has 3 saturated heterocycles. The van der Waals surface area contributed by atoms with Crippen LogP contribution in [0.5, 0.6) is 5.75 Å². The molecule has 0 bridgehead atoms. The molecule has 11 heteroatoms. The van der Waals surface area contributed by atoms with E-state index in [1.165, 1.54) is 0 Å². The summed E-state index contributed by atoms with van der Waals surface area (Å²) in [7, 11) is 1.65. The van der Waals surface area contributed by atoms with E-state index in [2.05, 4.69) is 15.1 Å². The second kappa shape index (κ2) is 13.1. The molecule has 3 aromatic carbocycles. The fraction of sp³-hybridized carbons (Fsp3) is 0.429. The van der Waals surface area contributed by atoms with Crippen molar-refractivity contribution < 1.29 is 23.8 Å². The van der Waals surface area contributed by atoms with Gasteiger partial charge in [-0.2, -0.15) is 0 Å². The number of morpholine rings is 2. The van der Waals surface area contributed by atoms with Crippen LogP contribution in [-0.4, -0.2) is 99.0 Å². The molecule has 0 unspecified atom stereocenters. The topological polar surface area (TPSA) is 109 Å². The minimum atomic E-state index is -0.533. The Morgan fingerprint density at radius 3 is 2.17 bits per heavy atom. The van der Waals surface area contributed by atoms with Gasteiger partial charge in [-0.25, -0.2) is 9.97 Å². The fourth-order valence-electron chi connectivity index (χ4n) is 6.65. The summed E-state index contributed by atoms with van der Waals surface area (Å²) in [6, 6.07) is 17.1. The second-order valence-corrected chi connectivity index (χ2v) is 12.1. The lowest BCUT2D eigenvalue weighted by Crippen LogP contribution is -2.44. The third-order valence-electron chi connectivity index (χ3n) is 9.30. The minimum absolute atomic E-state index is 0.0410. The molecule has 0 saturated carbocycles. The first-order chi connectivity index (χ1) is 22.5. The van der Waals surface area contributed by atoms with Crippen LogP contribution in [0, 0.1) is 0 Å². The van der Waals surface area contributed by atoms with E-state index in [4.69, 9.17) is 24.2 Å². The van der Waals surface area contributed by atoms with Crippen molar-refractivity contribution in [3.63, 3.8) is 0 Å². The van der Waals surface area contributed by atoms with Crippen molar-refractivity contribution in [2.45, 2.75) is 31.7 Å². The molecule has 3 aliphatic heterocycles. The maximum absolute atomic E-state index is 13.8. The van der Waals surface area contributed by atoms with Crippen molar-refractivity contribution in [3.8, 4) is 5.75 Å². The van der Waals surface area contributed by atoms with Crippen molar-refractivity contribution in [2.75, 3.05) is 81.4 Å². The van der Waals surface area contributed by atoms with Gasteiger partial charge in [0.2, 0.25) is 11.8 Å². The molecular weight excluding hydrogens is 584 g/mol. The van der Waals surface area contributed by atoms with Crippen LogP contribution in [0.2, 0.25) is 0 Å². The number of hydrogen-bond donors (Lipinski definition) is 1. The Kier molecular flexibility index (Phi) is 8.59. The fourth-order valence-corrected chi connectivity index (χ4v) is 6.65. The number of benzene rings is 3. The Morgan fingerprint density at radius 2 is 1.48 bits per heavy atom. The molecule has 240 valence electrons. The van der Waals surface area contributed by atoms with Gasteiger partial charge in [-0.3, -0.25) is 9.59 Å². The maximum atomic E-state index is 13.8. The zero-order chi connectivity index (χ0) is 31.6. The molecule has 1 N–H and O–H groups in total. The van der Waals surface area contributed by atoms with Gasteiger partial charge in [0.05, 0.1) is 50.5 Å². The van der Waals surface area contributed by atoms with Crippen molar-refractivity contribution in [1.82, 2.24) is 14.9 Å². The van der Waals surface area contributed by atoms with E-state index in [0.29, 0.717) is 50.6 Å². The van der Waals surface area contributed by atoms with Crippen LogP contribution in [0.3, 0.4) is 0 Å². The van der Waals surface area contributed by atoms with Gasteiger partial charge < -0.3 is 34.2 Å². The lowest BCUT2D eigenvalue weighted by molar-refractivity contribution is -0.137. The number of ether oxygens (including phenoxy) is 3. The summed E-state index contributed by atoms with van der Waals surface area (Å²) in [5, 5.41) is 5.17. The van der Waals surface area contributed by atoms with Gasteiger partial charge in [0, 0.05) is 38.4 Å². The lowest BCUT2D eigenvalue weighted by Gasteiger charge is -2.34. The van der Waals surface area contributed by atoms with E-state index in [1.54, 1.807) is 12.0 Å². The maximum Gasteiger partial charge on any atom is 0.247 e. The number of hydrogen-bond acceptors (Lipinski definition) is 9. The van der Waals surface area contributed by atoms with Gasteiger partial charge in [-0.15, -0.1) is 0 Å². The quantitative estimate of drug-likeness (QED) is 0.324. The molecule has 2 amide bonds. The SMILES string of the molecule is COc1ccc2cc([C@H](C)C(=O)N3CCC[C@H]3C(=O)Nc3ccc4nc(N5CCOCC5)c(N5CCOCC5)nc4c3)ccc2c1. The molecule has 4 aromatic rings. The van der Waals surface area contributed by atoms with Gasteiger partial charge in [0.1, 0.15) is 11.8 Å². The summed E-state index contributed by atoms with van der Waals surface area (Å²) in [4.78, 5) is 43.7. The standard InChI is InChI=1S/C35H40N6O5/c1-23(24-5-6-26-21-28(44-2)9-7-25(26)20-24)35(43)41-11-3-4-31(41)34(42)36-27-8-10-29-30(22-27)38-33(40-14-18-46-19-15-40)32(37-29)39-12-16-45-17-13-39/h5-10,20-23,31H,3-4,11-19H2,1-2H3,(H,36,42)/t23-,31-/m0/s1. The average Bonchev–Trinajstić information content (AvgIpc) is 3.61. The van der Waals surface area contributed by atoms with Crippen molar-refractivity contribution in [1.29, 1.82) is 0 Å². The zero-order valence-electron chi connectivity index (χ0n) is 26.4. The Morgan fingerprint density at radius 1 is 0.826 bits per heavy atom. The first-order valence-corrected chi connectivity index (χ1v) is 16.1. The monoisotopic (exact) mass is 624 g/mol. The van der Waals surface area contributed by atoms with E-state index < -0.39 is 6.04 Å². The second-order valence-electron chi connectivity index (χ2n) is 12.1. The van der Waals surface area contributed by atoms with Crippen LogP contribution in [-0.2, 0) is 19.1 Å². The number of anilines is 3. The number of fused-ring (bicyclic) bond motifs is 2. The third-order valence-corrected chi connectivity index (χ3v) is 9.30. The van der Waals surface area contributed by atoms with Crippen molar-refractivity contribution in [3.05, 3.63) is 60.2 Å². The number of methoxy groups -OCH3 is 1. The molecule has 0 spiro atoms. The Labute approximate surface area is 268 Å². The van der Waals surface area contributed by atoms with Gasteiger partial charge in [0.15, 0.2) is 11.6 Å². The summed E-state index contributed by atoms with van der Waals surface area (Å²) in [5.74, 6) is 1.87. The molecule has 46 heavy (non-hydrogen) atoms. The number of carbonyl (C=O) groups is 2. The zero-order valence-corrected chi connectivity index (χ0v) is 26.4. The molecule has 7 rings (SSSR count). The summed E-state index contributed by atoms with van der Waals surface area (Å²) in [5.41, 5.74) is 3.03. The molecule has 3 aliphatic rings. The normalized spacial score (nSPS) is 19.4. The predicted molar refractivity (Wildman–Crippen MR) is 178 cm³/mol. The van der Waals surface area contributed by atoms with Gasteiger partial charge in [0.25, 0.3) is 0 Å². The predicted octanol–water partition coefficient (Wildman–Crippen LogP) is 4.20. The lowest BCUT2D eigenvalue weighted by atomic mass is 9.96. The smallest absolute Gasteiger partial charge is 0.247 e. The van der Waals surface area contributed by atoms with E-state index in [0.717, 1.165) is 71.8 Å². The van der Waals surface area contributed by atoms with E-state index in [9.17, 15) is 9.59 Å². The molecule has 3 fully saturated rings. The Hall–Kier alpha value is -4.48. The van der Waals surface area contributed by atoms with Crippen LogP contribution in [0.4, 0.5) is 17.3 Å². The first-order valence-electron chi connectivity index (χ1n) is 16.1. The number of nitrogens with zero attached hydrogens (tertiary/aromatic N) is 5. The number of nitrogens with one attached hydrogen (secondary N) is 1. The van der Waals surface area contributed by atoms with Crippen LogP contribution < -0.4 is 19.9 Å². The highest BCUT2D eigenvalue weighted by atomic mass is 16.5. The number of likely N-dealkylation sites (tertiary alicyclic amines) is 1. The Balaban J connectivity index is 1.09. The highest BCUT2D eigenvalue weighted by Crippen LogP contribution is 2.32. The highest BCUT2D eigenvalue weighted by molar-refractivity contribution is 6.00. The van der Waals surface area contributed by atoms with E-state index in [1.807, 2.05) is 61.5 Å². The van der Waals surface area contributed by atoms with E-state index in [-0.39, 0.29) is 17.7 Å².